The molecule has 0 fully saturated rings. The molecule has 0 unspecified atom stereocenters. The van der Waals surface area contributed by atoms with Gasteiger partial charge in [0.05, 0.1) is 11.6 Å². The molecule has 0 aliphatic carbocycles. The maximum atomic E-state index is 5.99. The zero-order chi connectivity index (χ0) is 14.9. The third-order valence-corrected chi connectivity index (χ3v) is 2.95. The van der Waals surface area contributed by atoms with Crippen molar-refractivity contribution in [2.75, 3.05) is 19.8 Å². The zero-order valence-corrected chi connectivity index (χ0v) is 12.3. The van der Waals surface area contributed by atoms with Crippen molar-refractivity contribution in [3.63, 3.8) is 0 Å². The summed E-state index contributed by atoms with van der Waals surface area (Å²) in [4.78, 5) is 0. The highest BCUT2D eigenvalue weighted by Crippen LogP contribution is 2.22. The van der Waals surface area contributed by atoms with E-state index in [1.807, 2.05) is 42.5 Å². The smallest absolute Gasteiger partial charge is 0.138 e. The lowest BCUT2D eigenvalue weighted by atomic mass is 10.2. The van der Waals surface area contributed by atoms with Crippen molar-refractivity contribution < 1.29 is 9.47 Å². The Morgan fingerprint density at radius 2 is 1.67 bits per heavy atom. The standard InChI is InChI=1S/C17H16ClNO2/c18-16-5-1-2-6-17(16)21-13-12-20-15-9-7-14(8-10-15)4-3-11-19/h1-2,5-10H,11-13,19H2. The molecule has 21 heavy (non-hydrogen) atoms. The van der Waals surface area contributed by atoms with Crippen molar-refractivity contribution in [3.8, 4) is 23.3 Å². The lowest BCUT2D eigenvalue weighted by molar-refractivity contribution is 0.217. The minimum atomic E-state index is 0.359. The van der Waals surface area contributed by atoms with E-state index in [-0.39, 0.29) is 0 Å². The van der Waals surface area contributed by atoms with Crippen molar-refractivity contribution in [2.24, 2.45) is 5.73 Å². The van der Waals surface area contributed by atoms with E-state index in [2.05, 4.69) is 11.8 Å². The van der Waals surface area contributed by atoms with Crippen LogP contribution in [0.3, 0.4) is 0 Å². The highest BCUT2D eigenvalue weighted by Gasteiger charge is 1.99. The van der Waals surface area contributed by atoms with Gasteiger partial charge >= 0.3 is 0 Å². The lowest BCUT2D eigenvalue weighted by Crippen LogP contribution is -2.09. The second kappa shape index (κ2) is 8.21. The Morgan fingerprint density at radius 1 is 0.952 bits per heavy atom. The van der Waals surface area contributed by atoms with Gasteiger partial charge in [-0.1, -0.05) is 35.6 Å². The number of hydrogen-bond acceptors (Lipinski definition) is 3. The number of benzene rings is 2. The topological polar surface area (TPSA) is 44.5 Å². The van der Waals surface area contributed by atoms with Crippen LogP contribution in [0.4, 0.5) is 0 Å². The van der Waals surface area contributed by atoms with Gasteiger partial charge in [-0.3, -0.25) is 0 Å². The minimum absolute atomic E-state index is 0.359. The van der Waals surface area contributed by atoms with Crippen molar-refractivity contribution in [2.45, 2.75) is 0 Å². The Balaban J connectivity index is 1.77. The summed E-state index contributed by atoms with van der Waals surface area (Å²) in [5, 5.41) is 0.598. The van der Waals surface area contributed by atoms with Crippen molar-refractivity contribution >= 4 is 11.6 Å². The van der Waals surface area contributed by atoms with E-state index in [4.69, 9.17) is 26.8 Å². The molecular weight excluding hydrogens is 286 g/mol. The first-order chi connectivity index (χ1) is 10.3. The molecule has 0 aliphatic rings. The van der Waals surface area contributed by atoms with Crippen LogP contribution in [0, 0.1) is 11.8 Å². The highest BCUT2D eigenvalue weighted by molar-refractivity contribution is 6.32. The second-order valence-electron chi connectivity index (χ2n) is 4.16. The number of nitrogens with two attached hydrogens (primary N) is 1. The van der Waals surface area contributed by atoms with E-state index in [0.29, 0.717) is 30.5 Å². The first-order valence-electron chi connectivity index (χ1n) is 6.59. The van der Waals surface area contributed by atoms with Gasteiger partial charge in [0, 0.05) is 5.56 Å². The minimum Gasteiger partial charge on any atom is -0.490 e. The molecule has 0 amide bonds. The van der Waals surface area contributed by atoms with E-state index >= 15 is 0 Å². The van der Waals surface area contributed by atoms with E-state index < -0.39 is 0 Å². The van der Waals surface area contributed by atoms with E-state index in [9.17, 15) is 0 Å². The summed E-state index contributed by atoms with van der Waals surface area (Å²) in [5.74, 6) is 7.20. The van der Waals surface area contributed by atoms with Crippen LogP contribution in [0.2, 0.25) is 5.02 Å². The molecule has 2 rings (SSSR count). The van der Waals surface area contributed by atoms with Gasteiger partial charge < -0.3 is 15.2 Å². The predicted molar refractivity (Wildman–Crippen MR) is 84.8 cm³/mol. The van der Waals surface area contributed by atoms with Crippen LogP contribution in [0.25, 0.3) is 0 Å². The molecule has 2 aromatic rings. The summed E-state index contributed by atoms with van der Waals surface area (Å²) in [6.07, 6.45) is 0. The molecule has 0 spiro atoms. The normalized spacial score (nSPS) is 9.62. The number of ether oxygens (including phenoxy) is 2. The van der Waals surface area contributed by atoms with Gasteiger partial charge in [0.25, 0.3) is 0 Å². The molecule has 0 saturated heterocycles. The lowest BCUT2D eigenvalue weighted by Gasteiger charge is -2.09. The number of para-hydroxylation sites is 1. The largest absolute Gasteiger partial charge is 0.490 e. The molecule has 0 heterocycles. The molecular formula is C17H16ClNO2. The Morgan fingerprint density at radius 3 is 2.38 bits per heavy atom. The molecule has 108 valence electrons. The molecule has 2 aromatic carbocycles. The average molecular weight is 302 g/mol. The molecule has 0 bridgehead atoms. The number of halogens is 1. The van der Waals surface area contributed by atoms with Crippen LogP contribution < -0.4 is 15.2 Å². The molecule has 3 nitrogen and oxygen atoms in total. The van der Waals surface area contributed by atoms with Gasteiger partial charge in [-0.15, -0.1) is 0 Å². The first kappa shape index (κ1) is 15.2. The van der Waals surface area contributed by atoms with E-state index in [1.165, 1.54) is 0 Å². The summed E-state index contributed by atoms with van der Waals surface area (Å²) < 4.78 is 11.1. The zero-order valence-electron chi connectivity index (χ0n) is 11.5. The summed E-state index contributed by atoms with van der Waals surface area (Å²) in [5.41, 5.74) is 6.24. The Bertz CT molecular complexity index is 629. The molecule has 2 N–H and O–H groups in total. The molecule has 0 aliphatic heterocycles. The Kier molecular flexibility index (Phi) is 5.96. The van der Waals surface area contributed by atoms with Crippen LogP contribution in [0.5, 0.6) is 11.5 Å². The average Bonchev–Trinajstić information content (AvgIpc) is 2.52. The molecule has 4 heteroatoms. The van der Waals surface area contributed by atoms with E-state index in [0.717, 1.165) is 11.3 Å². The fraction of sp³-hybridized carbons (Fsp3) is 0.176. The number of hydrogen-bond donors (Lipinski definition) is 1. The van der Waals surface area contributed by atoms with E-state index in [1.54, 1.807) is 6.07 Å². The summed E-state index contributed by atoms with van der Waals surface area (Å²) in [7, 11) is 0. The second-order valence-corrected chi connectivity index (χ2v) is 4.56. The predicted octanol–water partition coefficient (Wildman–Crippen LogP) is 3.11. The SMILES string of the molecule is NCC#Cc1ccc(OCCOc2ccccc2Cl)cc1. The van der Waals surface area contributed by atoms with Crippen molar-refractivity contribution in [1.82, 2.24) is 0 Å². The van der Waals surface area contributed by atoms with Crippen LogP contribution in [-0.2, 0) is 0 Å². The van der Waals surface area contributed by atoms with Crippen LogP contribution in [-0.4, -0.2) is 19.8 Å². The molecule has 0 saturated carbocycles. The highest BCUT2D eigenvalue weighted by atomic mass is 35.5. The van der Waals surface area contributed by atoms with Gasteiger partial charge in [0.15, 0.2) is 0 Å². The Hall–Kier alpha value is -2.15. The fourth-order valence-corrected chi connectivity index (χ4v) is 1.85. The maximum absolute atomic E-state index is 5.99. The fourth-order valence-electron chi connectivity index (χ4n) is 1.66. The molecule has 0 radical (unpaired) electrons. The monoisotopic (exact) mass is 301 g/mol. The van der Waals surface area contributed by atoms with Crippen molar-refractivity contribution in [1.29, 1.82) is 0 Å². The summed E-state index contributed by atoms with van der Waals surface area (Å²) in [6, 6.07) is 14.9. The van der Waals surface area contributed by atoms with Gasteiger partial charge in [0.1, 0.15) is 24.7 Å². The first-order valence-corrected chi connectivity index (χ1v) is 6.96. The van der Waals surface area contributed by atoms with Crippen molar-refractivity contribution in [3.05, 3.63) is 59.1 Å². The molecule has 0 aromatic heterocycles. The third-order valence-electron chi connectivity index (χ3n) is 2.64. The van der Waals surface area contributed by atoms with Gasteiger partial charge in [-0.05, 0) is 36.4 Å². The summed E-state index contributed by atoms with van der Waals surface area (Å²) >= 11 is 5.99. The Labute approximate surface area is 129 Å². The summed E-state index contributed by atoms with van der Waals surface area (Å²) in [6.45, 7) is 1.23. The quantitative estimate of drug-likeness (QED) is 0.682. The maximum Gasteiger partial charge on any atom is 0.138 e. The number of rotatable bonds is 5. The van der Waals surface area contributed by atoms with Crippen LogP contribution >= 0.6 is 11.6 Å². The van der Waals surface area contributed by atoms with Gasteiger partial charge in [-0.2, -0.15) is 0 Å². The molecule has 0 atom stereocenters. The van der Waals surface area contributed by atoms with Crippen LogP contribution in [0.15, 0.2) is 48.5 Å². The van der Waals surface area contributed by atoms with Gasteiger partial charge in [0.2, 0.25) is 0 Å². The third kappa shape index (κ3) is 5.03. The van der Waals surface area contributed by atoms with Gasteiger partial charge in [-0.25, -0.2) is 0 Å². The van der Waals surface area contributed by atoms with Crippen LogP contribution in [0.1, 0.15) is 5.56 Å².